The first-order valence-electron chi connectivity index (χ1n) is 9.78. The van der Waals surface area contributed by atoms with Crippen LogP contribution in [0.4, 0.5) is 0 Å². The summed E-state index contributed by atoms with van der Waals surface area (Å²) in [6, 6.07) is 7.54. The summed E-state index contributed by atoms with van der Waals surface area (Å²) >= 11 is 0. The first-order chi connectivity index (χ1) is 13.7. The maximum Gasteiger partial charge on any atom is 0.247 e. The molecule has 1 aromatic carbocycles. The molecule has 2 fully saturated rings. The highest BCUT2D eigenvalue weighted by molar-refractivity contribution is 5.79. The fourth-order valence-corrected chi connectivity index (χ4v) is 3.74. The minimum absolute atomic E-state index is 0.117. The third-order valence-electron chi connectivity index (χ3n) is 5.42. The number of benzene rings is 1. The van der Waals surface area contributed by atoms with Crippen molar-refractivity contribution in [1.29, 1.82) is 0 Å². The van der Waals surface area contributed by atoms with Gasteiger partial charge in [0.15, 0.2) is 0 Å². The van der Waals surface area contributed by atoms with Gasteiger partial charge >= 0.3 is 0 Å². The molecule has 0 unspecified atom stereocenters. The zero-order valence-electron chi connectivity index (χ0n) is 16.2. The molecule has 0 bridgehead atoms. The van der Waals surface area contributed by atoms with Crippen LogP contribution in [-0.2, 0) is 16.1 Å². The normalized spacial score (nSPS) is 19.0. The molecule has 0 spiro atoms. The van der Waals surface area contributed by atoms with Gasteiger partial charge < -0.3 is 18.8 Å². The van der Waals surface area contributed by atoms with Crippen molar-refractivity contribution in [3.8, 4) is 17.2 Å². The van der Waals surface area contributed by atoms with E-state index in [1.54, 1.807) is 7.11 Å². The fraction of sp³-hybridized carbons (Fsp3) is 0.550. The molecule has 0 atom stereocenters. The Balaban J connectivity index is 1.29. The van der Waals surface area contributed by atoms with Crippen LogP contribution in [0.1, 0.15) is 18.7 Å². The summed E-state index contributed by atoms with van der Waals surface area (Å²) in [5.41, 5.74) is 0.870. The van der Waals surface area contributed by atoms with Gasteiger partial charge in [0.05, 0.1) is 26.9 Å². The topological polar surface area (TPSA) is 80.9 Å². The van der Waals surface area contributed by atoms with Gasteiger partial charge in [-0.25, -0.2) is 0 Å². The molecular formula is C20H26N4O4. The van der Waals surface area contributed by atoms with E-state index in [4.69, 9.17) is 13.9 Å². The van der Waals surface area contributed by atoms with Gasteiger partial charge in [0.25, 0.3) is 0 Å². The van der Waals surface area contributed by atoms with Crippen molar-refractivity contribution in [2.45, 2.75) is 19.4 Å². The summed E-state index contributed by atoms with van der Waals surface area (Å²) in [7, 11) is 1.64. The van der Waals surface area contributed by atoms with Crippen LogP contribution in [0.3, 0.4) is 0 Å². The van der Waals surface area contributed by atoms with Gasteiger partial charge in [0.1, 0.15) is 5.75 Å². The smallest absolute Gasteiger partial charge is 0.247 e. The molecule has 150 valence electrons. The van der Waals surface area contributed by atoms with Crippen LogP contribution in [0, 0.1) is 5.92 Å². The number of hydrogen-bond donors (Lipinski definition) is 0. The van der Waals surface area contributed by atoms with Gasteiger partial charge in [0, 0.05) is 24.6 Å². The van der Waals surface area contributed by atoms with Gasteiger partial charge in [0.2, 0.25) is 17.7 Å². The van der Waals surface area contributed by atoms with Gasteiger partial charge in [-0.15, -0.1) is 10.2 Å². The third kappa shape index (κ3) is 4.34. The highest BCUT2D eigenvalue weighted by Gasteiger charge is 2.29. The Labute approximate surface area is 164 Å². The van der Waals surface area contributed by atoms with Gasteiger partial charge in [-0.1, -0.05) is 0 Å². The van der Waals surface area contributed by atoms with Crippen molar-refractivity contribution in [2.75, 3.05) is 46.5 Å². The van der Waals surface area contributed by atoms with Crippen LogP contribution in [0.2, 0.25) is 0 Å². The second-order valence-electron chi connectivity index (χ2n) is 7.22. The molecule has 1 amide bonds. The van der Waals surface area contributed by atoms with Crippen LogP contribution in [-0.4, -0.2) is 72.4 Å². The quantitative estimate of drug-likeness (QED) is 0.775. The number of hydrogen-bond acceptors (Lipinski definition) is 7. The Hall–Kier alpha value is -2.45. The van der Waals surface area contributed by atoms with E-state index >= 15 is 0 Å². The van der Waals surface area contributed by atoms with Crippen molar-refractivity contribution < 1.29 is 18.7 Å². The molecule has 0 saturated carbocycles. The molecule has 8 heteroatoms. The lowest BCUT2D eigenvalue weighted by molar-refractivity contribution is -0.141. The number of carbonyl (C=O) groups excluding carboxylic acids is 1. The summed E-state index contributed by atoms with van der Waals surface area (Å²) in [6.07, 6.45) is 1.74. The van der Waals surface area contributed by atoms with E-state index in [0.29, 0.717) is 31.5 Å². The lowest BCUT2D eigenvalue weighted by atomic mass is 9.95. The standard InChI is InChI=1S/C20H26N4O4/c1-26-17-4-2-15(3-5-17)19-22-21-18(28-19)14-23-8-6-16(7-9-23)20(25)24-10-12-27-13-11-24/h2-5,16H,6-14H2,1H3. The number of rotatable bonds is 5. The number of amides is 1. The summed E-state index contributed by atoms with van der Waals surface area (Å²) in [5.74, 6) is 2.30. The molecule has 2 aromatic rings. The molecule has 4 rings (SSSR count). The van der Waals surface area contributed by atoms with E-state index < -0.39 is 0 Å². The molecular weight excluding hydrogens is 360 g/mol. The zero-order chi connectivity index (χ0) is 19.3. The number of carbonyl (C=O) groups is 1. The lowest BCUT2D eigenvalue weighted by Gasteiger charge is -2.35. The SMILES string of the molecule is COc1ccc(-c2nnc(CN3CCC(C(=O)N4CCOCC4)CC3)o2)cc1. The maximum atomic E-state index is 12.6. The zero-order valence-corrected chi connectivity index (χ0v) is 16.2. The van der Waals surface area contributed by atoms with Crippen LogP contribution >= 0.6 is 0 Å². The van der Waals surface area contributed by atoms with Crippen molar-refractivity contribution in [3.63, 3.8) is 0 Å². The van der Waals surface area contributed by atoms with Crippen molar-refractivity contribution in [2.24, 2.45) is 5.92 Å². The van der Waals surface area contributed by atoms with Crippen molar-refractivity contribution in [1.82, 2.24) is 20.0 Å². The predicted octanol–water partition coefficient (Wildman–Crippen LogP) is 1.82. The predicted molar refractivity (Wildman–Crippen MR) is 102 cm³/mol. The summed E-state index contributed by atoms with van der Waals surface area (Å²) in [6.45, 7) is 5.07. The lowest BCUT2D eigenvalue weighted by Crippen LogP contribution is -2.46. The van der Waals surface area contributed by atoms with E-state index in [2.05, 4.69) is 15.1 Å². The molecule has 0 N–H and O–H groups in total. The van der Waals surface area contributed by atoms with Gasteiger partial charge in [-0.05, 0) is 50.2 Å². The average Bonchev–Trinajstić information content (AvgIpc) is 3.23. The van der Waals surface area contributed by atoms with Gasteiger partial charge in [-0.2, -0.15) is 0 Å². The fourth-order valence-electron chi connectivity index (χ4n) is 3.74. The Morgan fingerprint density at radius 2 is 1.82 bits per heavy atom. The average molecular weight is 386 g/mol. The van der Waals surface area contributed by atoms with Crippen LogP contribution in [0.5, 0.6) is 5.75 Å². The van der Waals surface area contributed by atoms with E-state index in [1.807, 2.05) is 29.2 Å². The Bertz CT molecular complexity index is 778. The molecule has 28 heavy (non-hydrogen) atoms. The first-order valence-corrected chi connectivity index (χ1v) is 9.78. The van der Waals surface area contributed by atoms with Crippen LogP contribution in [0.25, 0.3) is 11.5 Å². The number of nitrogens with zero attached hydrogens (tertiary/aromatic N) is 4. The minimum Gasteiger partial charge on any atom is -0.497 e. The van der Waals surface area contributed by atoms with E-state index in [-0.39, 0.29) is 11.8 Å². The largest absolute Gasteiger partial charge is 0.497 e. The van der Waals surface area contributed by atoms with E-state index in [0.717, 1.165) is 50.3 Å². The number of ether oxygens (including phenoxy) is 2. The third-order valence-corrected chi connectivity index (χ3v) is 5.42. The highest BCUT2D eigenvalue weighted by atomic mass is 16.5. The molecule has 3 heterocycles. The number of aromatic nitrogens is 2. The summed E-state index contributed by atoms with van der Waals surface area (Å²) in [4.78, 5) is 16.8. The van der Waals surface area contributed by atoms with Crippen molar-refractivity contribution >= 4 is 5.91 Å². The highest BCUT2D eigenvalue weighted by Crippen LogP contribution is 2.24. The van der Waals surface area contributed by atoms with Gasteiger partial charge in [-0.3, -0.25) is 9.69 Å². The molecule has 1 aromatic heterocycles. The first kappa shape index (κ1) is 18.9. The van der Waals surface area contributed by atoms with E-state index in [1.165, 1.54) is 0 Å². The second kappa shape index (κ2) is 8.70. The monoisotopic (exact) mass is 386 g/mol. The molecule has 8 nitrogen and oxygen atoms in total. The second-order valence-corrected chi connectivity index (χ2v) is 7.22. The van der Waals surface area contributed by atoms with E-state index in [9.17, 15) is 4.79 Å². The van der Waals surface area contributed by atoms with Crippen molar-refractivity contribution in [3.05, 3.63) is 30.2 Å². The number of methoxy groups -OCH3 is 1. The minimum atomic E-state index is 0.117. The Kier molecular flexibility index (Phi) is 5.87. The maximum absolute atomic E-state index is 12.6. The molecule has 0 radical (unpaired) electrons. The van der Waals surface area contributed by atoms with Crippen LogP contribution < -0.4 is 4.74 Å². The molecule has 2 aliphatic rings. The molecule has 2 aliphatic heterocycles. The number of likely N-dealkylation sites (tertiary alicyclic amines) is 1. The Morgan fingerprint density at radius 1 is 1.11 bits per heavy atom. The summed E-state index contributed by atoms with van der Waals surface area (Å²) < 4.78 is 16.3. The molecule has 0 aliphatic carbocycles. The Morgan fingerprint density at radius 3 is 2.50 bits per heavy atom. The molecule has 2 saturated heterocycles. The number of morpholine rings is 1. The number of piperidine rings is 1. The van der Waals surface area contributed by atoms with Crippen LogP contribution in [0.15, 0.2) is 28.7 Å². The summed E-state index contributed by atoms with van der Waals surface area (Å²) in [5, 5.41) is 8.33.